The molecule has 4 heterocycles. The number of nitrogens with zero attached hydrogens (tertiary/aromatic N) is 5. The normalized spacial score (nSPS) is 26.2. The first-order valence-corrected chi connectivity index (χ1v) is 8.60. The van der Waals surface area contributed by atoms with Crippen LogP contribution in [0.3, 0.4) is 0 Å². The van der Waals surface area contributed by atoms with Gasteiger partial charge < -0.3 is 4.90 Å². The summed E-state index contributed by atoms with van der Waals surface area (Å²) < 4.78 is 29.7. The standard InChI is InChI=1S/C18H21F2N5/c19-18(20)6-10-24(12-15-4-1-2-7-21-15)13-17(18)5-11-25(14-17)16-22-8-3-9-23-16/h1-4,7-9H,5-6,10-14H2/t17-/m0/s1. The van der Waals surface area contributed by atoms with E-state index in [1.54, 1.807) is 24.7 Å². The topological polar surface area (TPSA) is 45.2 Å². The van der Waals surface area contributed by atoms with Crippen molar-refractivity contribution in [2.75, 3.05) is 31.1 Å². The number of hydrogen-bond acceptors (Lipinski definition) is 5. The number of pyridine rings is 1. The van der Waals surface area contributed by atoms with E-state index in [0.717, 1.165) is 5.69 Å². The predicted molar refractivity (Wildman–Crippen MR) is 90.4 cm³/mol. The van der Waals surface area contributed by atoms with Crippen LogP contribution in [0, 0.1) is 5.41 Å². The van der Waals surface area contributed by atoms with Crippen LogP contribution >= 0.6 is 0 Å². The number of anilines is 1. The molecule has 4 rings (SSSR count). The highest BCUT2D eigenvalue weighted by atomic mass is 19.3. The van der Waals surface area contributed by atoms with Crippen molar-refractivity contribution in [3.05, 3.63) is 48.5 Å². The van der Waals surface area contributed by atoms with Crippen LogP contribution in [0.1, 0.15) is 18.5 Å². The number of hydrogen-bond donors (Lipinski definition) is 0. The minimum atomic E-state index is -2.67. The fraction of sp³-hybridized carbons (Fsp3) is 0.500. The van der Waals surface area contributed by atoms with Gasteiger partial charge in [0.1, 0.15) is 0 Å². The Morgan fingerprint density at radius 1 is 0.920 bits per heavy atom. The summed E-state index contributed by atoms with van der Waals surface area (Å²) in [5.74, 6) is -2.13. The van der Waals surface area contributed by atoms with Crippen LogP contribution in [0.4, 0.5) is 14.7 Å². The molecular formula is C18H21F2N5. The third-order valence-corrected chi connectivity index (χ3v) is 5.34. The van der Waals surface area contributed by atoms with E-state index < -0.39 is 11.3 Å². The molecule has 7 heteroatoms. The third kappa shape index (κ3) is 3.08. The van der Waals surface area contributed by atoms with Gasteiger partial charge in [0, 0.05) is 57.7 Å². The van der Waals surface area contributed by atoms with Crippen molar-refractivity contribution >= 4 is 5.95 Å². The molecule has 25 heavy (non-hydrogen) atoms. The van der Waals surface area contributed by atoms with Crippen molar-refractivity contribution < 1.29 is 8.78 Å². The molecule has 0 saturated carbocycles. The van der Waals surface area contributed by atoms with Crippen molar-refractivity contribution in [1.82, 2.24) is 19.9 Å². The maximum absolute atomic E-state index is 14.9. The van der Waals surface area contributed by atoms with Gasteiger partial charge >= 0.3 is 0 Å². The second-order valence-corrected chi connectivity index (χ2v) is 6.99. The number of likely N-dealkylation sites (tertiary alicyclic amines) is 1. The van der Waals surface area contributed by atoms with Gasteiger partial charge in [-0.2, -0.15) is 0 Å². The summed E-state index contributed by atoms with van der Waals surface area (Å²) in [6, 6.07) is 7.47. The Labute approximate surface area is 145 Å². The molecule has 2 aromatic rings. The highest BCUT2D eigenvalue weighted by molar-refractivity contribution is 5.33. The van der Waals surface area contributed by atoms with Gasteiger partial charge in [0.25, 0.3) is 5.92 Å². The lowest BCUT2D eigenvalue weighted by molar-refractivity contribution is -0.159. The molecule has 0 bridgehead atoms. The van der Waals surface area contributed by atoms with E-state index in [2.05, 4.69) is 19.9 Å². The van der Waals surface area contributed by atoms with Crippen LogP contribution in [-0.2, 0) is 6.54 Å². The first-order chi connectivity index (χ1) is 12.1. The summed E-state index contributed by atoms with van der Waals surface area (Å²) in [7, 11) is 0. The van der Waals surface area contributed by atoms with E-state index in [0.29, 0.717) is 45.1 Å². The molecule has 0 aromatic carbocycles. The molecule has 132 valence electrons. The van der Waals surface area contributed by atoms with Crippen LogP contribution in [0.2, 0.25) is 0 Å². The average Bonchev–Trinajstić information content (AvgIpc) is 3.06. The Morgan fingerprint density at radius 2 is 1.72 bits per heavy atom. The largest absolute Gasteiger partial charge is 0.340 e. The van der Waals surface area contributed by atoms with Gasteiger partial charge in [-0.05, 0) is 24.6 Å². The molecule has 0 unspecified atom stereocenters. The molecule has 2 fully saturated rings. The number of aromatic nitrogens is 3. The Kier molecular flexibility index (Phi) is 4.11. The van der Waals surface area contributed by atoms with Gasteiger partial charge in [-0.25, -0.2) is 18.7 Å². The van der Waals surface area contributed by atoms with Gasteiger partial charge in [-0.3, -0.25) is 9.88 Å². The van der Waals surface area contributed by atoms with E-state index in [1.807, 2.05) is 23.1 Å². The summed E-state index contributed by atoms with van der Waals surface area (Å²) >= 11 is 0. The SMILES string of the molecule is FC1(F)CCN(Cc2ccccn2)C[C@]12CCN(c1ncccn1)C2. The molecule has 1 spiro atoms. The fourth-order valence-electron chi connectivity index (χ4n) is 3.97. The molecule has 0 aliphatic carbocycles. The number of halogens is 2. The predicted octanol–water partition coefficient (Wildman–Crippen LogP) is 2.61. The number of piperidine rings is 1. The smallest absolute Gasteiger partial charge is 0.257 e. The molecule has 0 N–H and O–H groups in total. The second kappa shape index (κ2) is 6.29. The zero-order valence-electron chi connectivity index (χ0n) is 14.0. The molecule has 2 aliphatic heterocycles. The third-order valence-electron chi connectivity index (χ3n) is 5.34. The van der Waals surface area contributed by atoms with E-state index in [9.17, 15) is 8.78 Å². The monoisotopic (exact) mass is 345 g/mol. The van der Waals surface area contributed by atoms with Crippen molar-refractivity contribution in [1.29, 1.82) is 0 Å². The van der Waals surface area contributed by atoms with Crippen LogP contribution in [0.25, 0.3) is 0 Å². The molecule has 2 aromatic heterocycles. The van der Waals surface area contributed by atoms with Crippen molar-refractivity contribution in [3.63, 3.8) is 0 Å². The van der Waals surface area contributed by atoms with Crippen LogP contribution in [-0.4, -0.2) is 52.0 Å². The molecule has 5 nitrogen and oxygen atoms in total. The van der Waals surface area contributed by atoms with E-state index in [-0.39, 0.29) is 6.42 Å². The number of rotatable bonds is 3. The van der Waals surface area contributed by atoms with E-state index in [1.165, 1.54) is 0 Å². The zero-order valence-corrected chi connectivity index (χ0v) is 14.0. The minimum absolute atomic E-state index is 0.108. The molecule has 0 amide bonds. The van der Waals surface area contributed by atoms with Crippen molar-refractivity contribution in [3.8, 4) is 0 Å². The lowest BCUT2D eigenvalue weighted by Gasteiger charge is -2.45. The van der Waals surface area contributed by atoms with Gasteiger partial charge in [0.15, 0.2) is 0 Å². The first kappa shape index (κ1) is 16.3. The lowest BCUT2D eigenvalue weighted by atomic mass is 9.75. The summed E-state index contributed by atoms with van der Waals surface area (Å²) in [6.45, 7) is 2.24. The zero-order chi connectivity index (χ0) is 17.3. The number of alkyl halides is 2. The Balaban J connectivity index is 1.52. The average molecular weight is 345 g/mol. The summed E-state index contributed by atoms with van der Waals surface area (Å²) in [4.78, 5) is 16.8. The van der Waals surface area contributed by atoms with Crippen LogP contribution < -0.4 is 4.90 Å². The van der Waals surface area contributed by atoms with Crippen molar-refractivity contribution in [2.45, 2.75) is 25.3 Å². The molecule has 2 saturated heterocycles. The van der Waals surface area contributed by atoms with E-state index in [4.69, 9.17) is 0 Å². The quantitative estimate of drug-likeness (QED) is 0.856. The highest BCUT2D eigenvalue weighted by Crippen LogP contribution is 2.50. The Bertz CT molecular complexity index is 712. The Morgan fingerprint density at radius 3 is 2.48 bits per heavy atom. The van der Waals surface area contributed by atoms with Crippen LogP contribution in [0.5, 0.6) is 0 Å². The van der Waals surface area contributed by atoms with Gasteiger partial charge in [0.2, 0.25) is 5.95 Å². The molecule has 0 radical (unpaired) electrons. The van der Waals surface area contributed by atoms with E-state index >= 15 is 0 Å². The van der Waals surface area contributed by atoms with Crippen molar-refractivity contribution in [2.24, 2.45) is 5.41 Å². The van der Waals surface area contributed by atoms with Gasteiger partial charge in [-0.15, -0.1) is 0 Å². The maximum atomic E-state index is 14.9. The van der Waals surface area contributed by atoms with Crippen LogP contribution in [0.15, 0.2) is 42.9 Å². The summed E-state index contributed by atoms with van der Waals surface area (Å²) in [5, 5.41) is 0. The summed E-state index contributed by atoms with van der Waals surface area (Å²) in [5.41, 5.74) is -0.122. The van der Waals surface area contributed by atoms with Gasteiger partial charge in [-0.1, -0.05) is 6.07 Å². The van der Waals surface area contributed by atoms with Gasteiger partial charge in [0.05, 0.1) is 11.1 Å². The second-order valence-electron chi connectivity index (χ2n) is 6.99. The summed E-state index contributed by atoms with van der Waals surface area (Å²) in [6.07, 6.45) is 5.40. The highest BCUT2D eigenvalue weighted by Gasteiger charge is 2.59. The maximum Gasteiger partial charge on any atom is 0.257 e. The minimum Gasteiger partial charge on any atom is -0.340 e. The first-order valence-electron chi connectivity index (χ1n) is 8.60. The lowest BCUT2D eigenvalue weighted by Crippen LogP contribution is -2.56. The Hall–Kier alpha value is -2.15. The molecule has 1 atom stereocenters. The fourth-order valence-corrected chi connectivity index (χ4v) is 3.97. The molecule has 2 aliphatic rings. The molecular weight excluding hydrogens is 324 g/mol.